The first-order chi connectivity index (χ1) is 8.78. The number of ether oxygens (including phenoxy) is 1. The molecule has 2 unspecified atom stereocenters. The highest BCUT2D eigenvalue weighted by Gasteiger charge is 2.36. The van der Waals surface area contributed by atoms with Crippen molar-refractivity contribution in [2.45, 2.75) is 64.8 Å². The maximum Gasteiger partial charge on any atom is 0.323 e. The molecule has 1 rings (SSSR count). The largest absolute Gasteiger partial charge is 0.480 e. The Kier molecular flexibility index (Phi) is 5.77. The van der Waals surface area contributed by atoms with E-state index in [4.69, 9.17) is 4.74 Å². The third-order valence-electron chi connectivity index (χ3n) is 3.81. The molecule has 4 atom stereocenters. The van der Waals surface area contributed by atoms with Crippen LogP contribution in [0.3, 0.4) is 0 Å². The minimum atomic E-state index is -0.862. The van der Waals surface area contributed by atoms with Gasteiger partial charge in [-0.15, -0.1) is 0 Å². The number of carboxylic acid groups (broad SMARTS) is 1. The van der Waals surface area contributed by atoms with E-state index in [-0.39, 0.29) is 18.2 Å². The summed E-state index contributed by atoms with van der Waals surface area (Å²) in [6.07, 6.45) is 1.01. The maximum absolute atomic E-state index is 11.5. The fourth-order valence-electron chi connectivity index (χ4n) is 2.92. The highest BCUT2D eigenvalue weighted by Crippen LogP contribution is 2.20. The Morgan fingerprint density at radius 3 is 2.42 bits per heavy atom. The molecule has 1 heterocycles. The van der Waals surface area contributed by atoms with Crippen LogP contribution in [0.1, 0.15) is 41.0 Å². The van der Waals surface area contributed by atoms with Gasteiger partial charge in [0.05, 0.1) is 12.2 Å². The van der Waals surface area contributed by atoms with Crippen molar-refractivity contribution in [1.82, 2.24) is 10.2 Å². The van der Waals surface area contributed by atoms with Gasteiger partial charge in [0, 0.05) is 19.1 Å². The first-order valence-corrected chi connectivity index (χ1v) is 7.16. The van der Waals surface area contributed by atoms with Crippen molar-refractivity contribution in [3.63, 3.8) is 0 Å². The molecule has 5 heteroatoms. The van der Waals surface area contributed by atoms with Crippen molar-refractivity contribution >= 4 is 5.97 Å². The molecule has 112 valence electrons. The Morgan fingerprint density at radius 2 is 2.00 bits per heavy atom. The van der Waals surface area contributed by atoms with Crippen molar-refractivity contribution < 1.29 is 14.6 Å². The van der Waals surface area contributed by atoms with E-state index >= 15 is 0 Å². The molecule has 0 aliphatic carbocycles. The zero-order chi connectivity index (χ0) is 14.6. The van der Waals surface area contributed by atoms with Gasteiger partial charge >= 0.3 is 5.97 Å². The molecule has 0 aromatic carbocycles. The maximum atomic E-state index is 11.5. The summed E-state index contributed by atoms with van der Waals surface area (Å²) in [5, 5.41) is 12.5. The average Bonchev–Trinajstić information content (AvgIpc) is 2.27. The number of likely N-dealkylation sites (N-methyl/N-ethyl adjacent to an activating group) is 1. The average molecular weight is 272 g/mol. The van der Waals surface area contributed by atoms with E-state index in [0.717, 1.165) is 13.1 Å². The Morgan fingerprint density at radius 1 is 1.47 bits per heavy atom. The highest BCUT2D eigenvalue weighted by atomic mass is 16.5. The minimum absolute atomic E-state index is 0.210. The number of carbonyl (C=O) groups is 1. The molecule has 0 radical (unpaired) electrons. The second kappa shape index (κ2) is 6.68. The lowest BCUT2D eigenvalue weighted by Crippen LogP contribution is -2.56. The molecule has 2 N–H and O–H groups in total. The fourth-order valence-corrected chi connectivity index (χ4v) is 2.92. The lowest BCUT2D eigenvalue weighted by molar-refractivity contribution is -0.145. The van der Waals surface area contributed by atoms with Crippen molar-refractivity contribution in [2.75, 3.05) is 19.6 Å². The van der Waals surface area contributed by atoms with Gasteiger partial charge in [-0.1, -0.05) is 6.92 Å². The fraction of sp³-hybridized carbons (Fsp3) is 0.929. The van der Waals surface area contributed by atoms with E-state index in [1.54, 1.807) is 6.92 Å². The molecule has 1 aliphatic rings. The predicted octanol–water partition coefficient (Wildman–Crippen LogP) is 1.33. The molecule has 0 aromatic heterocycles. The Bertz CT molecular complexity index is 301. The Hall–Kier alpha value is -0.650. The number of aliphatic carboxylic acids is 1. The molecule has 1 saturated heterocycles. The number of morpholine rings is 1. The molecule has 0 bridgehead atoms. The van der Waals surface area contributed by atoms with Gasteiger partial charge in [0.25, 0.3) is 0 Å². The zero-order valence-corrected chi connectivity index (χ0v) is 12.8. The molecule has 19 heavy (non-hydrogen) atoms. The number of hydrogen-bond donors (Lipinski definition) is 2. The standard InChI is InChI=1S/C14H28N2O3/c1-6-15-14(5,13(17)18)7-10(2)16-8-11(3)19-12(4)9-16/h10-12,15H,6-9H2,1-5H3,(H,17,18)/t10?,11-,12+,14?. The lowest BCUT2D eigenvalue weighted by Gasteiger charge is -2.41. The van der Waals surface area contributed by atoms with Crippen LogP contribution in [0.25, 0.3) is 0 Å². The van der Waals surface area contributed by atoms with E-state index in [1.807, 2.05) is 6.92 Å². The van der Waals surface area contributed by atoms with Crippen LogP contribution in [0.4, 0.5) is 0 Å². The molecule has 0 spiro atoms. The van der Waals surface area contributed by atoms with Gasteiger partial charge < -0.3 is 15.2 Å². The zero-order valence-electron chi connectivity index (χ0n) is 12.8. The van der Waals surface area contributed by atoms with E-state index in [2.05, 4.69) is 31.0 Å². The summed E-state index contributed by atoms with van der Waals surface area (Å²) in [6, 6.07) is 0.217. The summed E-state index contributed by atoms with van der Waals surface area (Å²) in [5.41, 5.74) is -0.862. The molecular weight excluding hydrogens is 244 g/mol. The van der Waals surface area contributed by atoms with Crippen molar-refractivity contribution in [3.8, 4) is 0 Å². The summed E-state index contributed by atoms with van der Waals surface area (Å²) in [7, 11) is 0. The van der Waals surface area contributed by atoms with Crippen LogP contribution in [-0.2, 0) is 9.53 Å². The minimum Gasteiger partial charge on any atom is -0.480 e. The second-order valence-corrected chi connectivity index (χ2v) is 5.93. The number of nitrogens with zero attached hydrogens (tertiary/aromatic N) is 1. The molecule has 1 aliphatic heterocycles. The summed E-state index contributed by atoms with van der Waals surface area (Å²) >= 11 is 0. The Labute approximate surface area is 116 Å². The van der Waals surface area contributed by atoms with Crippen molar-refractivity contribution in [1.29, 1.82) is 0 Å². The molecule has 0 amide bonds. The topological polar surface area (TPSA) is 61.8 Å². The summed E-state index contributed by atoms with van der Waals surface area (Å²) < 4.78 is 5.72. The molecule has 1 fully saturated rings. The van der Waals surface area contributed by atoms with Crippen LogP contribution < -0.4 is 5.32 Å². The number of nitrogens with one attached hydrogen (secondary N) is 1. The van der Waals surface area contributed by atoms with Gasteiger partial charge in [-0.05, 0) is 40.7 Å². The van der Waals surface area contributed by atoms with Crippen LogP contribution in [0, 0.1) is 0 Å². The third kappa shape index (κ3) is 4.44. The summed E-state index contributed by atoms with van der Waals surface area (Å²) in [5.74, 6) is -0.782. The van der Waals surface area contributed by atoms with Crippen LogP contribution in [-0.4, -0.2) is 59.4 Å². The summed E-state index contributed by atoms with van der Waals surface area (Å²) in [4.78, 5) is 13.8. The van der Waals surface area contributed by atoms with Gasteiger partial charge in [0.15, 0.2) is 0 Å². The molecular formula is C14H28N2O3. The molecule has 0 saturated carbocycles. The first-order valence-electron chi connectivity index (χ1n) is 7.16. The normalized spacial score (nSPS) is 29.7. The highest BCUT2D eigenvalue weighted by molar-refractivity contribution is 5.78. The molecule has 5 nitrogen and oxygen atoms in total. The SMILES string of the molecule is CCNC(C)(CC(C)N1C[C@@H](C)O[C@@H](C)C1)C(=O)O. The quantitative estimate of drug-likeness (QED) is 0.764. The monoisotopic (exact) mass is 272 g/mol. The smallest absolute Gasteiger partial charge is 0.323 e. The third-order valence-corrected chi connectivity index (χ3v) is 3.81. The Balaban J connectivity index is 2.66. The number of carboxylic acids is 1. The summed E-state index contributed by atoms with van der Waals surface area (Å²) in [6.45, 7) is 12.3. The van der Waals surface area contributed by atoms with E-state index in [1.165, 1.54) is 0 Å². The van der Waals surface area contributed by atoms with Gasteiger partial charge in [-0.25, -0.2) is 0 Å². The number of rotatable bonds is 6. The first kappa shape index (κ1) is 16.4. The van der Waals surface area contributed by atoms with Crippen molar-refractivity contribution in [3.05, 3.63) is 0 Å². The molecule has 0 aromatic rings. The van der Waals surface area contributed by atoms with Gasteiger partial charge in [0.2, 0.25) is 0 Å². The predicted molar refractivity (Wildman–Crippen MR) is 75.4 cm³/mol. The van der Waals surface area contributed by atoms with E-state index < -0.39 is 11.5 Å². The van der Waals surface area contributed by atoms with Crippen LogP contribution in [0.5, 0.6) is 0 Å². The second-order valence-electron chi connectivity index (χ2n) is 5.93. The van der Waals surface area contributed by atoms with E-state index in [0.29, 0.717) is 13.0 Å². The van der Waals surface area contributed by atoms with Crippen LogP contribution >= 0.6 is 0 Å². The van der Waals surface area contributed by atoms with Gasteiger partial charge in [-0.2, -0.15) is 0 Å². The lowest BCUT2D eigenvalue weighted by atomic mass is 9.92. The van der Waals surface area contributed by atoms with Gasteiger partial charge in [-0.3, -0.25) is 9.69 Å². The van der Waals surface area contributed by atoms with Crippen molar-refractivity contribution in [2.24, 2.45) is 0 Å². The van der Waals surface area contributed by atoms with Crippen LogP contribution in [0.15, 0.2) is 0 Å². The number of hydrogen-bond acceptors (Lipinski definition) is 4. The van der Waals surface area contributed by atoms with Gasteiger partial charge in [0.1, 0.15) is 5.54 Å². The van der Waals surface area contributed by atoms with Crippen LogP contribution in [0.2, 0.25) is 0 Å². The van der Waals surface area contributed by atoms with E-state index in [9.17, 15) is 9.90 Å².